The smallest absolute Gasteiger partial charge is 0.223 e. The molecule has 1 saturated carbocycles. The van der Waals surface area contributed by atoms with Gasteiger partial charge in [-0.1, -0.05) is 30.8 Å². The maximum absolute atomic E-state index is 10.9. The van der Waals surface area contributed by atoms with Gasteiger partial charge in [-0.05, 0) is 29.5 Å². The van der Waals surface area contributed by atoms with Gasteiger partial charge in [-0.3, -0.25) is 15.0 Å². The summed E-state index contributed by atoms with van der Waals surface area (Å²) in [4.78, 5) is 13.0. The van der Waals surface area contributed by atoms with E-state index in [1.54, 1.807) is 0 Å². The highest BCUT2D eigenvalue weighted by Gasteiger charge is 2.40. The number of rotatable bonds is 3. The van der Waals surface area contributed by atoms with Crippen LogP contribution >= 0.6 is 0 Å². The average molecular weight is 244 g/mol. The highest BCUT2D eigenvalue weighted by molar-refractivity contribution is 5.70. The molecular formula is C14H16N2O2. The van der Waals surface area contributed by atoms with E-state index >= 15 is 0 Å². The van der Waals surface area contributed by atoms with Crippen LogP contribution < -0.4 is 0 Å². The van der Waals surface area contributed by atoms with Gasteiger partial charge in [0.2, 0.25) is 6.54 Å². The molecule has 1 heterocycles. The second-order valence-electron chi connectivity index (χ2n) is 5.13. The minimum Gasteiger partial charge on any atom is -0.283 e. The van der Waals surface area contributed by atoms with Crippen molar-refractivity contribution in [1.29, 1.82) is 0 Å². The molecule has 0 N–H and O–H groups in total. The van der Waals surface area contributed by atoms with E-state index < -0.39 is 0 Å². The molecule has 0 aromatic heterocycles. The number of hydrogen-bond donors (Lipinski definition) is 0. The molecule has 1 unspecified atom stereocenters. The first-order chi connectivity index (χ1) is 8.66. The molecule has 2 aliphatic rings. The van der Waals surface area contributed by atoms with Crippen molar-refractivity contribution in [1.82, 2.24) is 4.90 Å². The Balaban J connectivity index is 2.01. The van der Waals surface area contributed by atoms with Crippen molar-refractivity contribution in [3.63, 3.8) is 0 Å². The molecule has 1 fully saturated rings. The summed E-state index contributed by atoms with van der Waals surface area (Å²) < 4.78 is 0. The van der Waals surface area contributed by atoms with Crippen LogP contribution in [-0.2, 0) is 0 Å². The van der Waals surface area contributed by atoms with Crippen LogP contribution in [0.4, 0.5) is 0 Å². The molecule has 0 bridgehead atoms. The van der Waals surface area contributed by atoms with Crippen LogP contribution in [0.1, 0.15) is 30.0 Å². The summed E-state index contributed by atoms with van der Waals surface area (Å²) in [5.41, 5.74) is 3.25. The number of nitrogens with zero attached hydrogens (tertiary/aromatic N) is 2. The quantitative estimate of drug-likeness (QED) is 0.606. The molecule has 1 aliphatic carbocycles. The first-order valence-corrected chi connectivity index (χ1v) is 6.31. The summed E-state index contributed by atoms with van der Waals surface area (Å²) in [5.74, 6) is 0. The average Bonchev–Trinajstić information content (AvgIpc) is 3.16. The third kappa shape index (κ3) is 1.93. The van der Waals surface area contributed by atoms with E-state index in [0.717, 1.165) is 36.1 Å². The molecule has 0 radical (unpaired) electrons. The number of fused-ring (bicyclic) bond motifs is 1. The molecule has 4 nitrogen and oxygen atoms in total. The molecule has 4 heteroatoms. The van der Waals surface area contributed by atoms with E-state index in [1.807, 2.05) is 24.3 Å². The van der Waals surface area contributed by atoms with E-state index in [4.69, 9.17) is 0 Å². The van der Waals surface area contributed by atoms with Gasteiger partial charge in [-0.15, -0.1) is 0 Å². The van der Waals surface area contributed by atoms with Gasteiger partial charge < -0.3 is 0 Å². The molecule has 94 valence electrons. The normalized spacial score (nSPS) is 23.8. The summed E-state index contributed by atoms with van der Waals surface area (Å²) in [6, 6.07) is 8.38. The fourth-order valence-electron chi connectivity index (χ4n) is 2.84. The number of hydrogen-bond acceptors (Lipinski definition) is 3. The van der Waals surface area contributed by atoms with E-state index in [1.165, 1.54) is 0 Å². The van der Waals surface area contributed by atoms with E-state index in [2.05, 4.69) is 11.5 Å². The van der Waals surface area contributed by atoms with Crippen LogP contribution in [0.2, 0.25) is 0 Å². The van der Waals surface area contributed by atoms with Gasteiger partial charge in [0.05, 0.1) is 0 Å². The third-order valence-corrected chi connectivity index (χ3v) is 3.81. The standard InChI is InChI=1S/C14H16N2O2/c1-10-8-15(11-6-7-11)14(9-16(17)18)13-5-3-2-4-12(10)13/h2-5,11,14H,1,6-9H2. The lowest BCUT2D eigenvalue weighted by Gasteiger charge is -2.36. The molecule has 0 spiro atoms. The summed E-state index contributed by atoms with van der Waals surface area (Å²) in [7, 11) is 0. The van der Waals surface area contributed by atoms with Crippen molar-refractivity contribution in [3.8, 4) is 0 Å². The van der Waals surface area contributed by atoms with Crippen LogP contribution in [-0.4, -0.2) is 29.0 Å². The van der Waals surface area contributed by atoms with Crippen LogP contribution in [0.25, 0.3) is 5.57 Å². The van der Waals surface area contributed by atoms with Gasteiger partial charge in [0.1, 0.15) is 6.04 Å². The van der Waals surface area contributed by atoms with Gasteiger partial charge in [0, 0.05) is 17.5 Å². The van der Waals surface area contributed by atoms with Crippen molar-refractivity contribution in [2.75, 3.05) is 13.1 Å². The first-order valence-electron chi connectivity index (χ1n) is 6.31. The fraction of sp³-hybridized carbons (Fsp3) is 0.429. The van der Waals surface area contributed by atoms with Gasteiger partial charge in [-0.2, -0.15) is 0 Å². The van der Waals surface area contributed by atoms with Crippen molar-refractivity contribution in [2.45, 2.75) is 24.9 Å². The summed E-state index contributed by atoms with van der Waals surface area (Å²) in [5, 5.41) is 10.9. The minimum atomic E-state index is -0.203. The van der Waals surface area contributed by atoms with Gasteiger partial charge in [-0.25, -0.2) is 0 Å². The summed E-state index contributed by atoms with van der Waals surface area (Å²) in [6.07, 6.45) is 2.31. The Labute approximate surface area is 106 Å². The van der Waals surface area contributed by atoms with Crippen molar-refractivity contribution in [2.24, 2.45) is 0 Å². The second kappa shape index (κ2) is 4.21. The predicted molar refractivity (Wildman–Crippen MR) is 69.8 cm³/mol. The Bertz CT molecular complexity index is 508. The maximum Gasteiger partial charge on any atom is 0.223 e. The van der Waals surface area contributed by atoms with Crippen molar-refractivity contribution >= 4 is 5.57 Å². The Morgan fingerprint density at radius 3 is 2.78 bits per heavy atom. The molecule has 1 aromatic rings. The minimum absolute atomic E-state index is 0.0131. The lowest BCUT2D eigenvalue weighted by atomic mass is 9.89. The Morgan fingerprint density at radius 1 is 1.39 bits per heavy atom. The first kappa shape index (κ1) is 11.4. The largest absolute Gasteiger partial charge is 0.283 e. The molecule has 3 rings (SSSR count). The van der Waals surface area contributed by atoms with Gasteiger partial charge in [0.15, 0.2) is 0 Å². The molecule has 0 saturated heterocycles. The van der Waals surface area contributed by atoms with Crippen molar-refractivity contribution in [3.05, 3.63) is 52.1 Å². The molecule has 1 aromatic carbocycles. The maximum atomic E-state index is 10.9. The number of benzene rings is 1. The summed E-state index contributed by atoms with van der Waals surface area (Å²) in [6.45, 7) is 4.87. The number of nitro groups is 1. The van der Waals surface area contributed by atoms with Crippen LogP contribution in [0.3, 0.4) is 0 Å². The van der Waals surface area contributed by atoms with E-state index in [-0.39, 0.29) is 17.5 Å². The molecule has 1 aliphatic heterocycles. The second-order valence-corrected chi connectivity index (χ2v) is 5.13. The summed E-state index contributed by atoms with van der Waals surface area (Å²) >= 11 is 0. The SMILES string of the molecule is C=C1CN(C2CC2)C(C[N+](=O)[O-])c2ccccc21. The molecule has 1 atom stereocenters. The highest BCUT2D eigenvalue weighted by atomic mass is 16.6. The zero-order valence-electron chi connectivity index (χ0n) is 10.2. The molecule has 18 heavy (non-hydrogen) atoms. The lowest BCUT2D eigenvalue weighted by molar-refractivity contribution is -0.488. The van der Waals surface area contributed by atoms with Crippen LogP contribution in [0, 0.1) is 10.1 Å². The van der Waals surface area contributed by atoms with Gasteiger partial charge in [0.25, 0.3) is 0 Å². The molecule has 0 amide bonds. The Morgan fingerprint density at radius 2 is 2.11 bits per heavy atom. The topological polar surface area (TPSA) is 46.4 Å². The molecular weight excluding hydrogens is 228 g/mol. The Hall–Kier alpha value is -1.68. The zero-order chi connectivity index (χ0) is 12.7. The van der Waals surface area contributed by atoms with E-state index in [9.17, 15) is 10.1 Å². The highest BCUT2D eigenvalue weighted by Crippen LogP contribution is 2.41. The predicted octanol–water partition coefficient (Wildman–Crippen LogP) is 2.50. The fourth-order valence-corrected chi connectivity index (χ4v) is 2.84. The van der Waals surface area contributed by atoms with Crippen LogP contribution in [0.5, 0.6) is 0 Å². The van der Waals surface area contributed by atoms with Gasteiger partial charge >= 0.3 is 0 Å². The van der Waals surface area contributed by atoms with Crippen molar-refractivity contribution < 1.29 is 4.92 Å². The lowest BCUT2D eigenvalue weighted by Crippen LogP contribution is -2.39. The van der Waals surface area contributed by atoms with Crippen LogP contribution in [0.15, 0.2) is 30.8 Å². The van der Waals surface area contributed by atoms with E-state index in [0.29, 0.717) is 6.04 Å². The zero-order valence-corrected chi connectivity index (χ0v) is 10.2. The monoisotopic (exact) mass is 244 g/mol. The third-order valence-electron chi connectivity index (χ3n) is 3.81. The Kier molecular flexibility index (Phi) is 2.67.